The molecule has 3 aromatic rings. The molecule has 30 heavy (non-hydrogen) atoms. The Kier molecular flexibility index (Phi) is 7.31. The average Bonchev–Trinajstić information content (AvgIpc) is 2.80. The number of ether oxygens (including phenoxy) is 2. The van der Waals surface area contributed by atoms with Crippen molar-refractivity contribution in [1.29, 1.82) is 0 Å². The zero-order chi connectivity index (χ0) is 21.5. The first-order chi connectivity index (χ1) is 14.6. The first-order valence-corrected chi connectivity index (χ1v) is 12.3. The lowest BCUT2D eigenvalue weighted by molar-refractivity contribution is 0.415. The molecule has 0 aliphatic heterocycles. The van der Waals surface area contributed by atoms with Crippen LogP contribution < -0.4 is 14.1 Å². The van der Waals surface area contributed by atoms with Gasteiger partial charge < -0.3 is 9.47 Å². The van der Waals surface area contributed by atoms with E-state index in [9.17, 15) is 0 Å². The first kappa shape index (κ1) is 21.7. The van der Waals surface area contributed by atoms with Crippen LogP contribution in [0.25, 0.3) is 5.57 Å². The van der Waals surface area contributed by atoms with E-state index in [0.717, 1.165) is 41.9 Å². The Morgan fingerprint density at radius 2 is 1.63 bits per heavy atom. The average molecular weight is 432 g/mol. The summed E-state index contributed by atoms with van der Waals surface area (Å²) in [5.41, 5.74) is 5.24. The van der Waals surface area contributed by atoms with Crippen LogP contribution in [0.2, 0.25) is 0 Å². The summed E-state index contributed by atoms with van der Waals surface area (Å²) in [6.45, 7) is 2.16. The summed E-state index contributed by atoms with van der Waals surface area (Å²) in [5.74, 6) is 1.46. The second-order valence-corrected chi connectivity index (χ2v) is 8.98. The Hall–Kier alpha value is -3.04. The lowest BCUT2D eigenvalue weighted by Gasteiger charge is -2.21. The van der Waals surface area contributed by atoms with Crippen LogP contribution in [0.3, 0.4) is 0 Å². The van der Waals surface area contributed by atoms with Gasteiger partial charge in [0.25, 0.3) is 0 Å². The SMILES string of the molecule is C=PN(C(=C(c1c#cc(OC)cc1)c1ccc(OC)cc1)[P+](=C)C)c1ccccc1. The standard InChI is InChI=1S/C25H24NO2P2/c1-27-22-15-11-19(12-16-22)24(20-13-17-23(28-2)18-14-20)25(30(4)5)26(29-3)21-9-7-6-8-10-21/h6-13,15-17H,3-4H2,1-2,5H3/q+1. The molecule has 150 valence electrons. The molecule has 0 spiro atoms. The predicted octanol–water partition coefficient (Wildman–Crippen LogP) is 6.36. The summed E-state index contributed by atoms with van der Waals surface area (Å²) < 4.78 is 12.8. The smallest absolute Gasteiger partial charge is 0.235 e. The molecule has 0 saturated carbocycles. The van der Waals surface area contributed by atoms with Crippen molar-refractivity contribution in [2.75, 3.05) is 25.6 Å². The molecule has 1 unspecified atom stereocenters. The molecule has 0 bridgehead atoms. The Morgan fingerprint density at radius 3 is 2.13 bits per heavy atom. The van der Waals surface area contributed by atoms with E-state index < -0.39 is 7.55 Å². The van der Waals surface area contributed by atoms with Crippen LogP contribution in [0.15, 0.2) is 72.2 Å². The first-order valence-electron chi connectivity index (χ1n) is 9.32. The second kappa shape index (κ2) is 10.1. The number of anilines is 1. The van der Waals surface area contributed by atoms with Crippen LogP contribution in [0.4, 0.5) is 5.69 Å². The number of benzene rings is 2. The van der Waals surface area contributed by atoms with Crippen LogP contribution in [-0.4, -0.2) is 33.5 Å². The fourth-order valence-electron chi connectivity index (χ4n) is 3.10. The van der Waals surface area contributed by atoms with Gasteiger partial charge in [0.1, 0.15) is 20.0 Å². The molecule has 0 heterocycles. The van der Waals surface area contributed by atoms with E-state index in [1.165, 1.54) is 0 Å². The zero-order valence-electron chi connectivity index (χ0n) is 17.4. The molecule has 0 radical (unpaired) electrons. The third-order valence-electron chi connectivity index (χ3n) is 4.52. The van der Waals surface area contributed by atoms with Crippen molar-refractivity contribution in [3.05, 3.63) is 95.4 Å². The maximum atomic E-state index is 5.35. The summed E-state index contributed by atoms with van der Waals surface area (Å²) in [5, 5.41) is 0. The highest BCUT2D eigenvalue weighted by molar-refractivity contribution is 7.61. The molecule has 0 aliphatic rings. The fourth-order valence-corrected chi connectivity index (χ4v) is 5.35. The van der Waals surface area contributed by atoms with Crippen molar-refractivity contribution in [1.82, 2.24) is 0 Å². The van der Waals surface area contributed by atoms with Crippen LogP contribution in [0.1, 0.15) is 11.1 Å². The Bertz CT molecular complexity index is 993. The van der Waals surface area contributed by atoms with Crippen LogP contribution in [0, 0.1) is 12.1 Å². The van der Waals surface area contributed by atoms with Crippen molar-refractivity contribution in [2.24, 2.45) is 0 Å². The highest BCUT2D eigenvalue weighted by Crippen LogP contribution is 2.45. The molecule has 3 aromatic carbocycles. The number of nitrogens with zero attached hydrogens (tertiary/aromatic N) is 1. The Labute approximate surface area is 181 Å². The van der Waals surface area contributed by atoms with Gasteiger partial charge in [0.15, 0.2) is 5.75 Å². The quantitative estimate of drug-likeness (QED) is 0.387. The fraction of sp³-hybridized carbons (Fsp3) is 0.120. The summed E-state index contributed by atoms with van der Waals surface area (Å²) in [6, 6.07) is 28.6. The maximum Gasteiger partial charge on any atom is 0.235 e. The molecule has 5 heteroatoms. The monoisotopic (exact) mass is 432 g/mol. The van der Waals surface area contributed by atoms with Gasteiger partial charge in [0, 0.05) is 13.9 Å². The molecule has 0 N–H and O–H groups in total. The molecule has 0 aliphatic carbocycles. The minimum absolute atomic E-state index is 0.651. The van der Waals surface area contributed by atoms with Gasteiger partial charge in [-0.05, 0) is 48.0 Å². The number of rotatable bonds is 8. The van der Waals surface area contributed by atoms with Crippen LogP contribution in [-0.2, 0) is 0 Å². The minimum Gasteiger partial charge on any atom is -0.497 e. The number of methoxy groups -OCH3 is 2. The van der Waals surface area contributed by atoms with Gasteiger partial charge in [0.05, 0.1) is 31.8 Å². The lowest BCUT2D eigenvalue weighted by Crippen LogP contribution is -2.11. The molecule has 3 rings (SSSR count). The molecule has 0 saturated heterocycles. The lowest BCUT2D eigenvalue weighted by atomic mass is 9.99. The van der Waals surface area contributed by atoms with E-state index in [-0.39, 0.29) is 0 Å². The van der Waals surface area contributed by atoms with Crippen molar-refractivity contribution < 1.29 is 9.47 Å². The van der Waals surface area contributed by atoms with E-state index >= 15 is 0 Å². The summed E-state index contributed by atoms with van der Waals surface area (Å²) in [4.78, 5) is 0. The maximum absolute atomic E-state index is 5.35. The van der Waals surface area contributed by atoms with E-state index in [1.807, 2.05) is 42.5 Å². The highest BCUT2D eigenvalue weighted by Gasteiger charge is 2.26. The third kappa shape index (κ3) is 4.74. The topological polar surface area (TPSA) is 21.7 Å². The number of hydrogen-bond donors (Lipinski definition) is 0. The van der Waals surface area contributed by atoms with Gasteiger partial charge in [-0.3, -0.25) is 4.67 Å². The number of para-hydroxylation sites is 1. The van der Waals surface area contributed by atoms with Crippen molar-refractivity contribution in [2.45, 2.75) is 0 Å². The van der Waals surface area contributed by atoms with Crippen molar-refractivity contribution in [3.8, 4) is 11.5 Å². The summed E-state index contributed by atoms with van der Waals surface area (Å²) in [7, 11) is 3.43. The molecule has 0 amide bonds. The van der Waals surface area contributed by atoms with E-state index in [4.69, 9.17) is 9.47 Å². The number of hydrogen-bond acceptors (Lipinski definition) is 3. The minimum atomic E-state index is -0.730. The predicted molar refractivity (Wildman–Crippen MR) is 133 cm³/mol. The van der Waals surface area contributed by atoms with Crippen molar-refractivity contribution >= 4 is 39.8 Å². The summed E-state index contributed by atoms with van der Waals surface area (Å²) in [6.07, 6.45) is 8.61. The Balaban J connectivity index is 2.30. The molecule has 0 fully saturated rings. The summed E-state index contributed by atoms with van der Waals surface area (Å²) >= 11 is 0. The van der Waals surface area contributed by atoms with Gasteiger partial charge in [-0.25, -0.2) is 0 Å². The largest absolute Gasteiger partial charge is 0.497 e. The molecular formula is C25H24NO2P2+. The normalized spacial score (nSPS) is 11.9. The van der Waals surface area contributed by atoms with E-state index in [1.54, 1.807) is 14.2 Å². The van der Waals surface area contributed by atoms with Gasteiger partial charge in [-0.2, -0.15) is 0 Å². The Morgan fingerprint density at radius 1 is 0.933 bits per heavy atom. The zero-order valence-corrected chi connectivity index (χ0v) is 19.2. The molecular weight excluding hydrogens is 408 g/mol. The van der Waals surface area contributed by atoms with Gasteiger partial charge in [-0.15, -0.1) is 0 Å². The van der Waals surface area contributed by atoms with Gasteiger partial charge in [0.2, 0.25) is 5.44 Å². The van der Waals surface area contributed by atoms with E-state index in [0.29, 0.717) is 5.75 Å². The third-order valence-corrected chi connectivity index (χ3v) is 6.54. The van der Waals surface area contributed by atoms with Crippen molar-refractivity contribution in [3.63, 3.8) is 0 Å². The van der Waals surface area contributed by atoms with Crippen LogP contribution >= 0.6 is 15.9 Å². The molecule has 0 aromatic heterocycles. The van der Waals surface area contributed by atoms with Gasteiger partial charge in [-0.1, -0.05) is 42.7 Å². The van der Waals surface area contributed by atoms with Gasteiger partial charge >= 0.3 is 0 Å². The highest BCUT2D eigenvalue weighted by atomic mass is 31.1. The second-order valence-electron chi connectivity index (χ2n) is 6.48. The van der Waals surface area contributed by atoms with E-state index in [2.05, 4.69) is 60.3 Å². The van der Waals surface area contributed by atoms with Crippen LogP contribution in [0.5, 0.6) is 11.5 Å². The molecule has 1 atom stereocenters. The molecule has 3 nitrogen and oxygen atoms in total.